The van der Waals surface area contributed by atoms with Crippen molar-refractivity contribution < 1.29 is 14.3 Å². The Morgan fingerprint density at radius 3 is 0.920 bits per heavy atom. The summed E-state index contributed by atoms with van der Waals surface area (Å²) in [6.07, 6.45) is 47.3. The zero-order chi connectivity index (χ0) is 36.9. The Balaban J connectivity index is 0. The van der Waals surface area contributed by atoms with Gasteiger partial charge in [-0.1, -0.05) is 206 Å². The van der Waals surface area contributed by atoms with Crippen molar-refractivity contribution in [3.8, 4) is 0 Å². The maximum Gasteiger partial charge on any atom is 0.136 e. The largest absolute Gasteiger partial charge is 0.380 e. The van der Waals surface area contributed by atoms with Gasteiger partial charge in [0.25, 0.3) is 0 Å². The van der Waals surface area contributed by atoms with Gasteiger partial charge in [-0.3, -0.25) is 0 Å². The number of aldehydes is 1. The molecule has 0 aromatic carbocycles. The summed E-state index contributed by atoms with van der Waals surface area (Å²) < 4.78 is 11.6. The van der Waals surface area contributed by atoms with Crippen molar-refractivity contribution >= 4 is 6.29 Å². The van der Waals surface area contributed by atoms with Gasteiger partial charge in [-0.25, -0.2) is 0 Å². The van der Waals surface area contributed by atoms with Gasteiger partial charge in [-0.2, -0.15) is 0 Å². The lowest BCUT2D eigenvalue weighted by molar-refractivity contribution is -0.109. The van der Waals surface area contributed by atoms with Crippen molar-refractivity contribution in [1.29, 1.82) is 0 Å². The molecule has 0 aliphatic rings. The second-order valence-electron chi connectivity index (χ2n) is 15.2. The fourth-order valence-electron chi connectivity index (χ4n) is 6.44. The van der Waals surface area contributed by atoms with Crippen molar-refractivity contribution in [2.45, 2.75) is 244 Å². The predicted octanol–water partition coefficient (Wildman–Crippen LogP) is 12.1. The van der Waals surface area contributed by atoms with Crippen molar-refractivity contribution in [1.82, 2.24) is 0 Å². The third-order valence-electron chi connectivity index (χ3n) is 9.86. The minimum absolute atomic E-state index is 0.0205. The molecule has 0 aromatic heterocycles. The smallest absolute Gasteiger partial charge is 0.136 e. The van der Waals surface area contributed by atoms with Crippen LogP contribution in [-0.4, -0.2) is 51.3 Å². The van der Waals surface area contributed by atoms with Crippen LogP contribution in [0.3, 0.4) is 0 Å². The van der Waals surface area contributed by atoms with Gasteiger partial charge >= 0.3 is 0 Å². The van der Waals surface area contributed by atoms with E-state index in [0.29, 0.717) is 26.2 Å². The van der Waals surface area contributed by atoms with Crippen molar-refractivity contribution in [3.63, 3.8) is 0 Å². The minimum atomic E-state index is -0.307. The molecule has 6 heteroatoms. The molecular weight excluding hydrogens is 619 g/mol. The van der Waals surface area contributed by atoms with Crippen LogP contribution < -0.4 is 17.2 Å². The van der Waals surface area contributed by atoms with Crippen LogP contribution in [0.5, 0.6) is 0 Å². The molecule has 0 aromatic rings. The highest BCUT2D eigenvalue weighted by Gasteiger charge is 2.03. The fraction of sp³-hybridized carbons (Fsp3) is 0.977. The molecule has 0 saturated heterocycles. The first-order valence-corrected chi connectivity index (χ1v) is 22.4. The first-order valence-electron chi connectivity index (χ1n) is 22.4. The lowest BCUT2D eigenvalue weighted by Crippen LogP contribution is -2.31. The summed E-state index contributed by atoms with van der Waals surface area (Å²) in [6, 6.07) is -0.286. The maximum atomic E-state index is 9.84. The van der Waals surface area contributed by atoms with Crippen LogP contribution in [0.15, 0.2) is 0 Å². The van der Waals surface area contributed by atoms with Crippen LogP contribution in [0.1, 0.15) is 232 Å². The molecule has 302 valence electrons. The molecule has 1 atom stereocenters. The molecule has 0 aliphatic carbocycles. The Morgan fingerprint density at radius 1 is 0.420 bits per heavy atom. The van der Waals surface area contributed by atoms with Crippen LogP contribution in [0, 0.1) is 0 Å². The molecule has 0 rings (SSSR count). The number of ether oxygens (including phenoxy) is 2. The van der Waals surface area contributed by atoms with Crippen LogP contribution in [0.25, 0.3) is 0 Å². The average Bonchev–Trinajstić information content (AvgIpc) is 3.13. The minimum Gasteiger partial charge on any atom is -0.380 e. The maximum absolute atomic E-state index is 9.84. The van der Waals surface area contributed by atoms with Gasteiger partial charge in [0.05, 0.1) is 25.3 Å². The zero-order valence-electron chi connectivity index (χ0n) is 34.3. The predicted molar refractivity (Wildman–Crippen MR) is 221 cm³/mol. The monoisotopic (exact) mass is 712 g/mol. The van der Waals surface area contributed by atoms with E-state index in [2.05, 4.69) is 13.8 Å². The van der Waals surface area contributed by atoms with E-state index < -0.39 is 0 Å². The summed E-state index contributed by atoms with van der Waals surface area (Å²) >= 11 is 0. The van der Waals surface area contributed by atoms with E-state index >= 15 is 0 Å². The van der Waals surface area contributed by atoms with E-state index in [0.717, 1.165) is 25.9 Å². The summed E-state index contributed by atoms with van der Waals surface area (Å²) in [7, 11) is 0. The molecule has 6 N–H and O–H groups in total. The molecule has 0 fully saturated rings. The third-order valence-corrected chi connectivity index (χ3v) is 9.86. The number of hydrogen-bond donors (Lipinski definition) is 3. The van der Waals surface area contributed by atoms with Crippen LogP contribution in [0.4, 0.5) is 0 Å². The zero-order valence-corrected chi connectivity index (χ0v) is 34.3. The van der Waals surface area contributed by atoms with Crippen molar-refractivity contribution in [2.75, 3.05) is 33.0 Å². The van der Waals surface area contributed by atoms with Gasteiger partial charge in [0.1, 0.15) is 6.29 Å². The van der Waals surface area contributed by atoms with E-state index in [4.69, 9.17) is 26.7 Å². The Bertz CT molecular complexity index is 555. The first-order chi connectivity index (χ1) is 24.6. The van der Waals surface area contributed by atoms with Crippen molar-refractivity contribution in [2.24, 2.45) is 17.2 Å². The van der Waals surface area contributed by atoms with Gasteiger partial charge in [0.15, 0.2) is 0 Å². The SMILES string of the molecule is CCCCCCCCCCCCCCCCCCOCC(N)COCCCCCCCCCCCCCCCCCC.NCCCC(N)C=O. The molecule has 0 bridgehead atoms. The van der Waals surface area contributed by atoms with Crippen molar-refractivity contribution in [3.05, 3.63) is 0 Å². The van der Waals surface area contributed by atoms with Crippen LogP contribution >= 0.6 is 0 Å². The number of rotatable bonds is 42. The van der Waals surface area contributed by atoms with E-state index in [9.17, 15) is 4.79 Å². The van der Waals surface area contributed by atoms with E-state index in [-0.39, 0.29) is 12.1 Å². The van der Waals surface area contributed by atoms with E-state index in [1.807, 2.05) is 0 Å². The molecule has 0 spiro atoms. The summed E-state index contributed by atoms with van der Waals surface area (Å²) in [5, 5.41) is 0. The molecule has 0 heterocycles. The van der Waals surface area contributed by atoms with E-state index in [1.165, 1.54) is 205 Å². The standard InChI is InChI=1S/C39H81NO2.C5H12N2O/c1-3-5-7-9-11-13-15-17-19-21-23-25-27-29-31-33-35-41-37-39(40)38-42-36-34-32-30-28-26-24-22-20-18-16-14-12-10-8-6-4-2;6-3-1-2-5(7)4-8/h39H,3-38,40H2,1-2H3;4-5H,1-3,6-7H2. The Hall–Kier alpha value is -0.530. The molecular formula is C44H93N3O3. The molecule has 6 nitrogen and oxygen atoms in total. The molecule has 0 aliphatic heterocycles. The summed E-state index contributed by atoms with van der Waals surface area (Å²) in [4.78, 5) is 9.84. The van der Waals surface area contributed by atoms with Gasteiger partial charge < -0.3 is 31.5 Å². The van der Waals surface area contributed by atoms with Gasteiger partial charge in [0, 0.05) is 13.2 Å². The van der Waals surface area contributed by atoms with Crippen LogP contribution in [0.2, 0.25) is 0 Å². The van der Waals surface area contributed by atoms with Gasteiger partial charge in [0.2, 0.25) is 0 Å². The average molecular weight is 712 g/mol. The lowest BCUT2D eigenvalue weighted by atomic mass is 10.0. The van der Waals surface area contributed by atoms with Gasteiger partial charge in [-0.05, 0) is 32.2 Å². The Morgan fingerprint density at radius 2 is 0.680 bits per heavy atom. The molecule has 0 radical (unpaired) electrons. The Labute approximate surface area is 314 Å². The fourth-order valence-corrected chi connectivity index (χ4v) is 6.44. The normalized spacial score (nSPS) is 12.0. The Kier molecular flexibility index (Phi) is 50.0. The second-order valence-corrected chi connectivity index (χ2v) is 15.2. The highest BCUT2D eigenvalue weighted by Crippen LogP contribution is 2.15. The van der Waals surface area contributed by atoms with Crippen LogP contribution in [-0.2, 0) is 14.3 Å². The lowest BCUT2D eigenvalue weighted by Gasteiger charge is -2.13. The summed E-state index contributed by atoms with van der Waals surface area (Å²) in [5.74, 6) is 0. The number of unbranched alkanes of at least 4 members (excludes halogenated alkanes) is 30. The number of carbonyl (C=O) groups is 1. The third kappa shape index (κ3) is 49.6. The molecule has 0 amide bonds. The highest BCUT2D eigenvalue weighted by molar-refractivity contribution is 5.56. The second kappa shape index (κ2) is 48.5. The van der Waals surface area contributed by atoms with E-state index in [1.54, 1.807) is 0 Å². The highest BCUT2D eigenvalue weighted by atomic mass is 16.5. The quantitative estimate of drug-likeness (QED) is 0.0429. The molecule has 0 saturated carbocycles. The summed E-state index contributed by atoms with van der Waals surface area (Å²) in [5.41, 5.74) is 16.6. The number of carbonyl (C=O) groups excluding carboxylic acids is 1. The molecule has 50 heavy (non-hydrogen) atoms. The first kappa shape index (κ1) is 51.6. The number of nitrogens with two attached hydrogens (primary N) is 3. The number of hydrogen-bond acceptors (Lipinski definition) is 6. The molecule has 1 unspecified atom stereocenters. The van der Waals surface area contributed by atoms with Gasteiger partial charge in [-0.15, -0.1) is 0 Å². The topological polar surface area (TPSA) is 114 Å². The summed E-state index contributed by atoms with van der Waals surface area (Å²) in [6.45, 7) is 8.18.